The van der Waals surface area contributed by atoms with Crippen molar-refractivity contribution in [2.24, 2.45) is 0 Å². The molecule has 18 heavy (non-hydrogen) atoms. The zero-order valence-corrected chi connectivity index (χ0v) is 10.2. The summed E-state index contributed by atoms with van der Waals surface area (Å²) in [4.78, 5) is 13.8. The van der Waals surface area contributed by atoms with Crippen molar-refractivity contribution in [3.05, 3.63) is 17.8 Å². The molecule has 7 nitrogen and oxygen atoms in total. The van der Waals surface area contributed by atoms with Crippen LogP contribution in [0, 0.1) is 0 Å². The molecule has 98 valence electrons. The smallest absolute Gasteiger partial charge is 0.274 e. The van der Waals surface area contributed by atoms with Gasteiger partial charge in [-0.1, -0.05) is 0 Å². The molecule has 0 radical (unpaired) electrons. The quantitative estimate of drug-likeness (QED) is 0.743. The van der Waals surface area contributed by atoms with Crippen LogP contribution in [0.5, 0.6) is 0 Å². The molecule has 1 aliphatic heterocycles. The summed E-state index contributed by atoms with van der Waals surface area (Å²) in [5, 5.41) is 19.8. The summed E-state index contributed by atoms with van der Waals surface area (Å²) in [6, 6.07) is 3.00. The van der Waals surface area contributed by atoms with Gasteiger partial charge in [0.05, 0.1) is 25.9 Å². The van der Waals surface area contributed by atoms with Gasteiger partial charge in [0.1, 0.15) is 5.82 Å². The Morgan fingerprint density at radius 3 is 3.06 bits per heavy atom. The molecular weight excluding hydrogens is 236 g/mol. The third-order valence-corrected chi connectivity index (χ3v) is 2.84. The number of nitrogens with zero attached hydrogens (tertiary/aromatic N) is 3. The van der Waals surface area contributed by atoms with Crippen molar-refractivity contribution < 1.29 is 14.6 Å². The van der Waals surface area contributed by atoms with Crippen molar-refractivity contribution in [3.63, 3.8) is 0 Å². The van der Waals surface area contributed by atoms with E-state index >= 15 is 0 Å². The number of anilines is 1. The molecule has 0 aromatic carbocycles. The van der Waals surface area contributed by atoms with Crippen LogP contribution in [0.2, 0.25) is 0 Å². The minimum absolute atomic E-state index is 0.117. The first kappa shape index (κ1) is 12.7. The normalized spacial score (nSPS) is 19.7. The van der Waals surface area contributed by atoms with Crippen molar-refractivity contribution in [1.82, 2.24) is 15.1 Å². The predicted molar refractivity (Wildman–Crippen MR) is 64.3 cm³/mol. The SMILES string of the molecule is CNc1ccc(C(=O)N2CCOCC2CO)nn1. The van der Waals surface area contributed by atoms with Crippen LogP contribution in [0.1, 0.15) is 10.5 Å². The van der Waals surface area contributed by atoms with Crippen LogP contribution < -0.4 is 5.32 Å². The second kappa shape index (κ2) is 5.74. The van der Waals surface area contributed by atoms with Crippen molar-refractivity contribution >= 4 is 11.7 Å². The van der Waals surface area contributed by atoms with Crippen LogP contribution in [0.3, 0.4) is 0 Å². The predicted octanol–water partition coefficient (Wildman–Crippen LogP) is -0.648. The summed E-state index contributed by atoms with van der Waals surface area (Å²) in [7, 11) is 1.73. The van der Waals surface area contributed by atoms with Gasteiger partial charge in [0, 0.05) is 13.6 Å². The minimum atomic E-state index is -0.308. The van der Waals surface area contributed by atoms with Crippen LogP contribution in [0.15, 0.2) is 12.1 Å². The Balaban J connectivity index is 2.13. The molecule has 1 saturated heterocycles. The van der Waals surface area contributed by atoms with Gasteiger partial charge in [-0.2, -0.15) is 0 Å². The van der Waals surface area contributed by atoms with Crippen LogP contribution >= 0.6 is 0 Å². The van der Waals surface area contributed by atoms with E-state index < -0.39 is 0 Å². The summed E-state index contributed by atoms with van der Waals surface area (Å²) >= 11 is 0. The topological polar surface area (TPSA) is 87.6 Å². The minimum Gasteiger partial charge on any atom is -0.394 e. The fourth-order valence-corrected chi connectivity index (χ4v) is 1.80. The van der Waals surface area contributed by atoms with Gasteiger partial charge in [0.15, 0.2) is 5.69 Å². The summed E-state index contributed by atoms with van der Waals surface area (Å²) in [5.74, 6) is 0.375. The number of aromatic nitrogens is 2. The fourth-order valence-electron chi connectivity index (χ4n) is 1.80. The molecule has 0 bridgehead atoms. The third-order valence-electron chi connectivity index (χ3n) is 2.84. The molecule has 2 heterocycles. The van der Waals surface area contributed by atoms with Gasteiger partial charge in [-0.15, -0.1) is 10.2 Å². The Bertz CT molecular complexity index is 409. The number of amides is 1. The average Bonchev–Trinajstić information content (AvgIpc) is 2.46. The maximum Gasteiger partial charge on any atom is 0.274 e. The zero-order valence-electron chi connectivity index (χ0n) is 10.2. The number of hydrogen-bond acceptors (Lipinski definition) is 6. The third kappa shape index (κ3) is 2.57. The first-order valence-electron chi connectivity index (χ1n) is 5.77. The summed E-state index contributed by atoms with van der Waals surface area (Å²) < 4.78 is 5.23. The van der Waals surface area contributed by atoms with E-state index in [0.29, 0.717) is 25.6 Å². The fraction of sp³-hybridized carbons (Fsp3) is 0.545. The molecule has 0 saturated carbocycles. The number of carbonyl (C=O) groups is 1. The number of carbonyl (C=O) groups excluding carboxylic acids is 1. The number of aliphatic hydroxyl groups is 1. The van der Waals surface area contributed by atoms with E-state index in [1.54, 1.807) is 24.1 Å². The van der Waals surface area contributed by atoms with Crippen LogP contribution in [-0.2, 0) is 4.74 Å². The van der Waals surface area contributed by atoms with Crippen LogP contribution in [0.4, 0.5) is 5.82 Å². The monoisotopic (exact) mass is 252 g/mol. The molecule has 0 spiro atoms. The molecule has 1 fully saturated rings. The Morgan fingerprint density at radius 1 is 1.61 bits per heavy atom. The lowest BCUT2D eigenvalue weighted by atomic mass is 10.2. The molecule has 7 heteroatoms. The van der Waals surface area contributed by atoms with Gasteiger partial charge in [-0.3, -0.25) is 4.79 Å². The molecule has 0 aliphatic carbocycles. The maximum absolute atomic E-state index is 12.2. The van der Waals surface area contributed by atoms with Crippen molar-refractivity contribution in [2.45, 2.75) is 6.04 Å². The second-order valence-electron chi connectivity index (χ2n) is 3.96. The van der Waals surface area contributed by atoms with E-state index in [1.807, 2.05) is 0 Å². The highest BCUT2D eigenvalue weighted by atomic mass is 16.5. The maximum atomic E-state index is 12.2. The number of rotatable bonds is 3. The molecule has 1 unspecified atom stereocenters. The van der Waals surface area contributed by atoms with Gasteiger partial charge in [-0.05, 0) is 12.1 Å². The molecule has 1 aliphatic rings. The van der Waals surface area contributed by atoms with Gasteiger partial charge in [-0.25, -0.2) is 0 Å². The highest BCUT2D eigenvalue weighted by molar-refractivity contribution is 5.92. The number of aliphatic hydroxyl groups excluding tert-OH is 1. The molecule has 2 rings (SSSR count). The molecule has 2 N–H and O–H groups in total. The summed E-state index contributed by atoms with van der Waals surface area (Å²) in [6.07, 6.45) is 0. The Labute approximate surface area is 105 Å². The van der Waals surface area contributed by atoms with Gasteiger partial charge < -0.3 is 20.1 Å². The van der Waals surface area contributed by atoms with E-state index in [2.05, 4.69) is 15.5 Å². The number of hydrogen-bond donors (Lipinski definition) is 2. The van der Waals surface area contributed by atoms with Gasteiger partial charge in [0.25, 0.3) is 5.91 Å². The van der Waals surface area contributed by atoms with Crippen molar-refractivity contribution in [3.8, 4) is 0 Å². The molecule has 1 atom stereocenters. The van der Waals surface area contributed by atoms with Crippen molar-refractivity contribution in [1.29, 1.82) is 0 Å². The Morgan fingerprint density at radius 2 is 2.44 bits per heavy atom. The van der Waals surface area contributed by atoms with E-state index in [1.165, 1.54) is 0 Å². The standard InChI is InChI=1S/C11H16N4O3/c1-12-10-3-2-9(13-14-10)11(17)15-4-5-18-7-8(15)6-16/h2-3,8,16H,4-7H2,1H3,(H,12,14). The lowest BCUT2D eigenvalue weighted by molar-refractivity contribution is -0.0187. The number of ether oxygens (including phenoxy) is 1. The molecule has 1 aromatic rings. The lowest BCUT2D eigenvalue weighted by Crippen LogP contribution is -2.50. The highest BCUT2D eigenvalue weighted by Gasteiger charge is 2.28. The van der Waals surface area contributed by atoms with E-state index in [-0.39, 0.29) is 24.2 Å². The molecular formula is C11H16N4O3. The Kier molecular flexibility index (Phi) is 4.06. The first-order chi connectivity index (χ1) is 8.76. The zero-order chi connectivity index (χ0) is 13.0. The summed E-state index contributed by atoms with van der Waals surface area (Å²) in [6.45, 7) is 1.17. The Hall–Kier alpha value is -1.73. The lowest BCUT2D eigenvalue weighted by Gasteiger charge is -2.34. The van der Waals surface area contributed by atoms with Crippen LogP contribution in [-0.4, -0.2) is 65.6 Å². The van der Waals surface area contributed by atoms with E-state index in [9.17, 15) is 9.90 Å². The summed E-state index contributed by atoms with van der Waals surface area (Å²) in [5.41, 5.74) is 0.273. The number of nitrogens with one attached hydrogen (secondary N) is 1. The second-order valence-corrected chi connectivity index (χ2v) is 3.96. The van der Waals surface area contributed by atoms with Crippen LogP contribution in [0.25, 0.3) is 0 Å². The average molecular weight is 252 g/mol. The van der Waals surface area contributed by atoms with Crippen molar-refractivity contribution in [2.75, 3.05) is 38.7 Å². The largest absolute Gasteiger partial charge is 0.394 e. The van der Waals surface area contributed by atoms with E-state index in [0.717, 1.165) is 0 Å². The first-order valence-corrected chi connectivity index (χ1v) is 5.77. The number of morpholine rings is 1. The van der Waals surface area contributed by atoms with Gasteiger partial charge >= 0.3 is 0 Å². The van der Waals surface area contributed by atoms with Gasteiger partial charge in [0.2, 0.25) is 0 Å². The molecule has 1 amide bonds. The van der Waals surface area contributed by atoms with E-state index in [4.69, 9.17) is 4.74 Å². The molecule has 1 aromatic heterocycles. The highest BCUT2D eigenvalue weighted by Crippen LogP contribution is 2.11.